The number of amides is 1. The largest absolute Gasteiger partial charge is 0.493 e. The molecule has 0 radical (unpaired) electrons. The molecule has 1 aliphatic rings. The molecule has 8 heteroatoms. The van der Waals surface area contributed by atoms with Crippen molar-refractivity contribution in [2.75, 3.05) is 20.8 Å². The van der Waals surface area contributed by atoms with Gasteiger partial charge in [0, 0.05) is 13.6 Å². The Balaban J connectivity index is 1.66. The van der Waals surface area contributed by atoms with E-state index in [0.29, 0.717) is 17.1 Å². The summed E-state index contributed by atoms with van der Waals surface area (Å²) in [5.41, 5.74) is 0.696. The number of rotatable bonds is 6. The SMILES string of the molecule is COc1cc(CN(C)C(=O)C2COc3ccccc3O2)ccc1OC(F)F. The van der Waals surface area contributed by atoms with Crippen LogP contribution in [0.15, 0.2) is 42.5 Å². The van der Waals surface area contributed by atoms with Crippen molar-refractivity contribution in [2.24, 2.45) is 0 Å². The molecule has 2 aromatic carbocycles. The van der Waals surface area contributed by atoms with Crippen LogP contribution in [0, 0.1) is 0 Å². The Labute approximate surface area is 155 Å². The number of ether oxygens (including phenoxy) is 4. The molecule has 1 aliphatic heterocycles. The smallest absolute Gasteiger partial charge is 0.387 e. The maximum atomic E-state index is 12.6. The van der Waals surface area contributed by atoms with Crippen LogP contribution in [0.25, 0.3) is 0 Å². The Morgan fingerprint density at radius 1 is 1.22 bits per heavy atom. The van der Waals surface area contributed by atoms with Gasteiger partial charge in [-0.1, -0.05) is 18.2 Å². The van der Waals surface area contributed by atoms with Gasteiger partial charge in [0.15, 0.2) is 23.0 Å². The number of likely N-dealkylation sites (N-methyl/N-ethyl adjacent to an activating group) is 1. The van der Waals surface area contributed by atoms with E-state index in [1.807, 2.05) is 6.07 Å². The van der Waals surface area contributed by atoms with Crippen molar-refractivity contribution in [1.29, 1.82) is 0 Å². The lowest BCUT2D eigenvalue weighted by atomic mass is 10.1. The summed E-state index contributed by atoms with van der Waals surface area (Å²) in [7, 11) is 2.99. The maximum absolute atomic E-state index is 12.6. The van der Waals surface area contributed by atoms with Crippen LogP contribution in [0.1, 0.15) is 5.56 Å². The Morgan fingerprint density at radius 2 is 1.96 bits per heavy atom. The first kappa shape index (κ1) is 18.8. The van der Waals surface area contributed by atoms with Crippen molar-refractivity contribution < 1.29 is 32.5 Å². The number of benzene rings is 2. The fraction of sp³-hybridized carbons (Fsp3) is 0.316. The van der Waals surface area contributed by atoms with E-state index < -0.39 is 12.7 Å². The first-order chi connectivity index (χ1) is 13.0. The van der Waals surface area contributed by atoms with E-state index in [1.165, 1.54) is 18.1 Å². The maximum Gasteiger partial charge on any atom is 0.387 e. The standard InChI is InChI=1S/C19H19F2NO5/c1-22(10-12-7-8-15(27-19(20)21)16(9-12)24-2)18(23)17-11-25-13-5-3-4-6-14(13)26-17/h3-9,17,19H,10-11H2,1-2H3. The molecule has 0 aliphatic carbocycles. The predicted molar refractivity (Wildman–Crippen MR) is 92.5 cm³/mol. The molecule has 144 valence electrons. The second-order valence-corrected chi connectivity index (χ2v) is 5.92. The molecule has 27 heavy (non-hydrogen) atoms. The van der Waals surface area contributed by atoms with Gasteiger partial charge in [0.1, 0.15) is 6.61 Å². The lowest BCUT2D eigenvalue weighted by Gasteiger charge is -2.29. The molecule has 6 nitrogen and oxygen atoms in total. The molecular formula is C19H19F2NO5. The van der Waals surface area contributed by atoms with Crippen molar-refractivity contribution in [3.8, 4) is 23.0 Å². The minimum Gasteiger partial charge on any atom is -0.493 e. The fourth-order valence-electron chi connectivity index (χ4n) is 2.74. The molecule has 1 atom stereocenters. The van der Waals surface area contributed by atoms with E-state index in [0.717, 1.165) is 0 Å². The minimum absolute atomic E-state index is 0.0640. The zero-order valence-corrected chi connectivity index (χ0v) is 14.9. The molecule has 0 spiro atoms. The number of hydrogen-bond acceptors (Lipinski definition) is 5. The van der Waals surface area contributed by atoms with Gasteiger partial charge in [-0.25, -0.2) is 0 Å². The van der Waals surface area contributed by atoms with Crippen LogP contribution < -0.4 is 18.9 Å². The highest BCUT2D eigenvalue weighted by Crippen LogP contribution is 2.32. The van der Waals surface area contributed by atoms with E-state index in [4.69, 9.17) is 14.2 Å². The van der Waals surface area contributed by atoms with Crippen molar-refractivity contribution in [3.05, 3.63) is 48.0 Å². The molecule has 1 amide bonds. The van der Waals surface area contributed by atoms with E-state index >= 15 is 0 Å². The molecule has 1 heterocycles. The van der Waals surface area contributed by atoms with Gasteiger partial charge in [-0.15, -0.1) is 0 Å². The van der Waals surface area contributed by atoms with Gasteiger partial charge in [0.05, 0.1) is 7.11 Å². The summed E-state index contributed by atoms with van der Waals surface area (Å²) in [4.78, 5) is 14.1. The zero-order valence-electron chi connectivity index (χ0n) is 14.9. The summed E-state index contributed by atoms with van der Waals surface area (Å²) in [6.07, 6.45) is -0.756. The summed E-state index contributed by atoms with van der Waals surface area (Å²) in [6, 6.07) is 11.7. The lowest BCUT2D eigenvalue weighted by molar-refractivity contribution is -0.140. The number of nitrogens with zero attached hydrogens (tertiary/aromatic N) is 1. The molecule has 0 fully saturated rings. The van der Waals surface area contributed by atoms with Gasteiger partial charge < -0.3 is 23.8 Å². The van der Waals surface area contributed by atoms with Crippen molar-refractivity contribution in [2.45, 2.75) is 19.3 Å². The summed E-state index contributed by atoms with van der Waals surface area (Å²) >= 11 is 0. The molecule has 0 aromatic heterocycles. The second kappa shape index (κ2) is 8.11. The lowest BCUT2D eigenvalue weighted by Crippen LogP contribution is -2.44. The number of halogens is 2. The summed E-state index contributed by atoms with van der Waals surface area (Å²) in [6.45, 7) is -2.59. The van der Waals surface area contributed by atoms with Crippen LogP contribution in [0.2, 0.25) is 0 Å². The zero-order chi connectivity index (χ0) is 19.4. The molecule has 0 saturated carbocycles. The van der Waals surface area contributed by atoms with Crippen molar-refractivity contribution in [3.63, 3.8) is 0 Å². The highest BCUT2D eigenvalue weighted by atomic mass is 19.3. The Hall–Kier alpha value is -3.03. The van der Waals surface area contributed by atoms with E-state index in [-0.39, 0.29) is 30.6 Å². The summed E-state index contributed by atoms with van der Waals surface area (Å²) in [5.74, 6) is 0.969. The van der Waals surface area contributed by atoms with Gasteiger partial charge in [0.25, 0.3) is 5.91 Å². The monoisotopic (exact) mass is 379 g/mol. The van der Waals surface area contributed by atoms with Gasteiger partial charge >= 0.3 is 6.61 Å². The molecule has 0 N–H and O–H groups in total. The quantitative estimate of drug-likeness (QED) is 0.772. The van der Waals surface area contributed by atoms with E-state index in [2.05, 4.69) is 4.74 Å². The van der Waals surface area contributed by atoms with Gasteiger partial charge in [-0.3, -0.25) is 4.79 Å². The molecule has 2 aromatic rings. The fourth-order valence-corrected chi connectivity index (χ4v) is 2.74. The van der Waals surface area contributed by atoms with Crippen molar-refractivity contribution >= 4 is 5.91 Å². The summed E-state index contributed by atoms with van der Waals surface area (Å²) < 4.78 is 45.6. The van der Waals surface area contributed by atoms with Gasteiger partial charge in [-0.2, -0.15) is 8.78 Å². The minimum atomic E-state index is -2.94. The van der Waals surface area contributed by atoms with Gasteiger partial charge in [-0.05, 0) is 29.8 Å². The number of carbonyl (C=O) groups is 1. The molecular weight excluding hydrogens is 360 g/mol. The third-order valence-electron chi connectivity index (χ3n) is 4.02. The van der Waals surface area contributed by atoms with Crippen LogP contribution in [0.3, 0.4) is 0 Å². The van der Waals surface area contributed by atoms with E-state index in [1.54, 1.807) is 37.4 Å². The predicted octanol–water partition coefficient (Wildman–Crippen LogP) is 3.10. The van der Waals surface area contributed by atoms with Crippen LogP contribution >= 0.6 is 0 Å². The Kier molecular flexibility index (Phi) is 5.63. The Bertz CT molecular complexity index is 814. The molecule has 0 saturated heterocycles. The molecule has 1 unspecified atom stereocenters. The third-order valence-corrected chi connectivity index (χ3v) is 4.02. The normalized spacial score (nSPS) is 15.4. The third kappa shape index (κ3) is 4.39. The number of alkyl halides is 2. The number of hydrogen-bond donors (Lipinski definition) is 0. The number of para-hydroxylation sites is 2. The highest BCUT2D eigenvalue weighted by Gasteiger charge is 2.29. The number of methoxy groups -OCH3 is 1. The average molecular weight is 379 g/mol. The van der Waals surface area contributed by atoms with Crippen molar-refractivity contribution in [1.82, 2.24) is 4.90 Å². The number of fused-ring (bicyclic) bond motifs is 1. The first-order valence-electron chi connectivity index (χ1n) is 8.23. The number of carbonyl (C=O) groups excluding carboxylic acids is 1. The highest BCUT2D eigenvalue weighted by molar-refractivity contribution is 5.81. The van der Waals surface area contributed by atoms with Crippen LogP contribution in [0.4, 0.5) is 8.78 Å². The second-order valence-electron chi connectivity index (χ2n) is 5.92. The van der Waals surface area contributed by atoms with Crippen LogP contribution in [-0.2, 0) is 11.3 Å². The van der Waals surface area contributed by atoms with Crippen LogP contribution in [0.5, 0.6) is 23.0 Å². The topological polar surface area (TPSA) is 57.2 Å². The summed E-state index contributed by atoms with van der Waals surface area (Å²) in [5, 5.41) is 0. The molecule has 3 rings (SSSR count). The van der Waals surface area contributed by atoms with Gasteiger partial charge in [0.2, 0.25) is 6.10 Å². The Morgan fingerprint density at radius 3 is 2.67 bits per heavy atom. The first-order valence-corrected chi connectivity index (χ1v) is 8.23. The van der Waals surface area contributed by atoms with Crippen LogP contribution in [-0.4, -0.2) is 44.3 Å². The average Bonchev–Trinajstić information content (AvgIpc) is 2.67. The van der Waals surface area contributed by atoms with E-state index in [9.17, 15) is 13.6 Å². The molecule has 0 bridgehead atoms.